The van der Waals surface area contributed by atoms with Crippen molar-refractivity contribution in [2.45, 2.75) is 13.8 Å². The highest BCUT2D eigenvalue weighted by atomic mass is 35.5. The number of carbonyl (C=O) groups excluding carboxylic acids is 1. The van der Waals surface area contributed by atoms with Crippen LogP contribution in [-0.4, -0.2) is 12.6 Å². The monoisotopic (exact) mass is 269 g/mol. The van der Waals surface area contributed by atoms with Crippen molar-refractivity contribution < 1.29 is 9.53 Å². The molecule has 0 saturated heterocycles. The highest BCUT2D eigenvalue weighted by Crippen LogP contribution is 2.38. The Balaban J connectivity index is 2.69. The number of ether oxygens (including phenoxy) is 1. The van der Waals surface area contributed by atoms with Crippen LogP contribution in [0.2, 0.25) is 5.02 Å². The standard InChI is InChI=1S/C12H12ClNO2S/c1-3-16-12(15)9-7-4-5-8(13)6(2)10(7)17-11(9)14/h4-5H,3,14H2,1-2H3. The first kappa shape index (κ1) is 12.2. The summed E-state index contributed by atoms with van der Waals surface area (Å²) in [6.07, 6.45) is 0. The van der Waals surface area contributed by atoms with Gasteiger partial charge in [-0.2, -0.15) is 0 Å². The minimum Gasteiger partial charge on any atom is -0.462 e. The number of esters is 1. The van der Waals surface area contributed by atoms with Gasteiger partial charge in [-0.3, -0.25) is 0 Å². The molecule has 0 saturated carbocycles. The normalized spacial score (nSPS) is 10.8. The van der Waals surface area contributed by atoms with Gasteiger partial charge >= 0.3 is 5.97 Å². The second kappa shape index (κ2) is 4.55. The average Bonchev–Trinajstić information content (AvgIpc) is 2.61. The molecular weight excluding hydrogens is 258 g/mol. The largest absolute Gasteiger partial charge is 0.462 e. The minimum absolute atomic E-state index is 0.336. The first-order chi connectivity index (χ1) is 8.06. The molecule has 90 valence electrons. The fourth-order valence-electron chi connectivity index (χ4n) is 1.70. The van der Waals surface area contributed by atoms with Crippen LogP contribution in [0.25, 0.3) is 10.1 Å². The van der Waals surface area contributed by atoms with Crippen molar-refractivity contribution in [3.8, 4) is 0 Å². The smallest absolute Gasteiger partial charge is 0.341 e. The Morgan fingerprint density at radius 2 is 2.24 bits per heavy atom. The van der Waals surface area contributed by atoms with E-state index in [9.17, 15) is 4.79 Å². The average molecular weight is 270 g/mol. The summed E-state index contributed by atoms with van der Waals surface area (Å²) in [6.45, 7) is 4.02. The summed E-state index contributed by atoms with van der Waals surface area (Å²) >= 11 is 7.41. The molecule has 1 aromatic carbocycles. The SMILES string of the molecule is CCOC(=O)c1c(N)sc2c(C)c(Cl)ccc12. The van der Waals surface area contributed by atoms with Crippen molar-refractivity contribution >= 4 is 44.0 Å². The molecule has 0 fully saturated rings. The number of hydrogen-bond acceptors (Lipinski definition) is 4. The fourth-order valence-corrected chi connectivity index (χ4v) is 2.98. The zero-order valence-corrected chi connectivity index (χ0v) is 11.1. The molecule has 0 bridgehead atoms. The van der Waals surface area contributed by atoms with Gasteiger partial charge in [0.15, 0.2) is 0 Å². The lowest BCUT2D eigenvalue weighted by Crippen LogP contribution is -2.06. The van der Waals surface area contributed by atoms with Gasteiger partial charge in [-0.25, -0.2) is 4.79 Å². The van der Waals surface area contributed by atoms with Gasteiger partial charge < -0.3 is 10.5 Å². The highest BCUT2D eigenvalue weighted by molar-refractivity contribution is 7.23. The van der Waals surface area contributed by atoms with Crippen LogP contribution < -0.4 is 5.73 Å². The van der Waals surface area contributed by atoms with Crippen molar-refractivity contribution in [2.75, 3.05) is 12.3 Å². The molecule has 0 spiro atoms. The predicted molar refractivity (Wildman–Crippen MR) is 71.9 cm³/mol. The van der Waals surface area contributed by atoms with Crippen LogP contribution in [0.5, 0.6) is 0 Å². The van der Waals surface area contributed by atoms with Crippen LogP contribution in [0.1, 0.15) is 22.8 Å². The number of nitrogen functional groups attached to an aromatic ring is 1. The Bertz CT molecular complexity index is 592. The number of aryl methyl sites for hydroxylation is 1. The molecule has 2 N–H and O–H groups in total. The predicted octanol–water partition coefficient (Wildman–Crippen LogP) is 3.62. The summed E-state index contributed by atoms with van der Waals surface area (Å²) < 4.78 is 5.94. The van der Waals surface area contributed by atoms with E-state index in [1.165, 1.54) is 11.3 Å². The molecule has 3 nitrogen and oxygen atoms in total. The van der Waals surface area contributed by atoms with E-state index in [0.717, 1.165) is 15.6 Å². The molecule has 1 heterocycles. The van der Waals surface area contributed by atoms with Crippen LogP contribution in [0, 0.1) is 6.92 Å². The third-order valence-electron chi connectivity index (χ3n) is 2.55. The van der Waals surface area contributed by atoms with Gasteiger partial charge in [0.2, 0.25) is 0 Å². The van der Waals surface area contributed by atoms with Gasteiger partial charge in [-0.05, 0) is 25.5 Å². The number of thiophene rings is 1. The first-order valence-electron chi connectivity index (χ1n) is 5.20. The summed E-state index contributed by atoms with van der Waals surface area (Å²) in [5.74, 6) is -0.377. The van der Waals surface area contributed by atoms with Crippen LogP contribution in [0.3, 0.4) is 0 Å². The summed E-state index contributed by atoms with van der Waals surface area (Å²) in [5, 5.41) is 1.96. The lowest BCUT2D eigenvalue weighted by molar-refractivity contribution is 0.0530. The molecule has 1 aromatic heterocycles. The van der Waals surface area contributed by atoms with Crippen molar-refractivity contribution in [2.24, 2.45) is 0 Å². The van der Waals surface area contributed by atoms with E-state index < -0.39 is 0 Å². The summed E-state index contributed by atoms with van der Waals surface area (Å²) in [6, 6.07) is 3.58. The summed E-state index contributed by atoms with van der Waals surface area (Å²) in [7, 11) is 0. The summed E-state index contributed by atoms with van der Waals surface area (Å²) in [5.41, 5.74) is 7.27. The van der Waals surface area contributed by atoms with Crippen molar-refractivity contribution in [3.05, 3.63) is 28.3 Å². The number of anilines is 1. The maximum Gasteiger partial charge on any atom is 0.341 e. The van der Waals surface area contributed by atoms with Gasteiger partial charge in [0.1, 0.15) is 10.6 Å². The number of benzene rings is 1. The number of rotatable bonds is 2. The van der Waals surface area contributed by atoms with Gasteiger partial charge in [0.25, 0.3) is 0 Å². The molecule has 0 amide bonds. The molecule has 0 radical (unpaired) electrons. The summed E-state index contributed by atoms with van der Waals surface area (Å²) in [4.78, 5) is 11.8. The van der Waals surface area contributed by atoms with Crippen molar-refractivity contribution in [1.82, 2.24) is 0 Å². The molecule has 0 atom stereocenters. The van der Waals surface area contributed by atoms with Crippen LogP contribution in [0.15, 0.2) is 12.1 Å². The quantitative estimate of drug-likeness (QED) is 0.847. The van der Waals surface area contributed by atoms with E-state index in [1.54, 1.807) is 13.0 Å². The van der Waals surface area contributed by atoms with E-state index in [1.807, 2.05) is 13.0 Å². The van der Waals surface area contributed by atoms with Gasteiger partial charge in [0.05, 0.1) is 6.61 Å². The molecule has 0 aliphatic heterocycles. The molecule has 17 heavy (non-hydrogen) atoms. The van der Waals surface area contributed by atoms with Crippen LogP contribution in [-0.2, 0) is 4.74 Å². The Morgan fingerprint density at radius 3 is 2.88 bits per heavy atom. The number of nitrogens with two attached hydrogens (primary N) is 1. The molecule has 5 heteroatoms. The van der Waals surface area contributed by atoms with Crippen molar-refractivity contribution in [3.63, 3.8) is 0 Å². The zero-order chi connectivity index (χ0) is 12.6. The minimum atomic E-state index is -0.377. The van der Waals surface area contributed by atoms with E-state index in [0.29, 0.717) is 22.2 Å². The number of hydrogen-bond donors (Lipinski definition) is 1. The maximum absolute atomic E-state index is 11.8. The highest BCUT2D eigenvalue weighted by Gasteiger charge is 2.19. The molecule has 2 aromatic rings. The molecule has 0 unspecified atom stereocenters. The Labute approximate surface area is 108 Å². The van der Waals surface area contributed by atoms with Gasteiger partial charge in [-0.1, -0.05) is 17.7 Å². The molecular formula is C12H12ClNO2S. The number of fused-ring (bicyclic) bond motifs is 1. The number of halogens is 1. The third-order valence-corrected chi connectivity index (χ3v) is 4.11. The van der Waals surface area contributed by atoms with E-state index in [4.69, 9.17) is 22.1 Å². The maximum atomic E-state index is 11.8. The van der Waals surface area contributed by atoms with E-state index in [-0.39, 0.29) is 5.97 Å². The van der Waals surface area contributed by atoms with Gasteiger partial charge in [0, 0.05) is 15.1 Å². The molecule has 0 aliphatic rings. The Kier molecular flexibility index (Phi) is 3.26. The first-order valence-corrected chi connectivity index (χ1v) is 6.40. The van der Waals surface area contributed by atoms with Gasteiger partial charge in [-0.15, -0.1) is 11.3 Å². The number of carbonyl (C=O) groups is 1. The zero-order valence-electron chi connectivity index (χ0n) is 9.54. The second-order valence-electron chi connectivity index (χ2n) is 3.61. The fraction of sp³-hybridized carbons (Fsp3) is 0.250. The molecule has 0 aliphatic carbocycles. The second-order valence-corrected chi connectivity index (χ2v) is 5.07. The van der Waals surface area contributed by atoms with E-state index >= 15 is 0 Å². The lowest BCUT2D eigenvalue weighted by atomic mass is 10.1. The Hall–Kier alpha value is -1.26. The lowest BCUT2D eigenvalue weighted by Gasteiger charge is -2.02. The topological polar surface area (TPSA) is 52.3 Å². The Morgan fingerprint density at radius 1 is 1.53 bits per heavy atom. The van der Waals surface area contributed by atoms with E-state index in [2.05, 4.69) is 0 Å². The van der Waals surface area contributed by atoms with Crippen molar-refractivity contribution in [1.29, 1.82) is 0 Å². The van der Waals surface area contributed by atoms with Crippen LogP contribution >= 0.6 is 22.9 Å². The third kappa shape index (κ3) is 1.98. The van der Waals surface area contributed by atoms with Crippen LogP contribution in [0.4, 0.5) is 5.00 Å². The molecule has 2 rings (SSSR count).